The van der Waals surface area contributed by atoms with E-state index in [4.69, 9.17) is 4.74 Å². The highest BCUT2D eigenvalue weighted by Gasteiger charge is 2.16. The van der Waals surface area contributed by atoms with Crippen LogP contribution >= 0.6 is 15.9 Å². The fourth-order valence-electron chi connectivity index (χ4n) is 3.02. The summed E-state index contributed by atoms with van der Waals surface area (Å²) in [6.45, 7) is 5.86. The van der Waals surface area contributed by atoms with E-state index >= 15 is 0 Å². The van der Waals surface area contributed by atoms with Gasteiger partial charge in [-0.1, -0.05) is 22.9 Å². The van der Waals surface area contributed by atoms with E-state index in [2.05, 4.69) is 38.1 Å². The summed E-state index contributed by atoms with van der Waals surface area (Å²) in [5, 5.41) is 3.03. The number of hydrogen-bond acceptors (Lipinski definition) is 4. The molecule has 144 valence electrons. The Morgan fingerprint density at radius 3 is 2.50 bits per heavy atom. The summed E-state index contributed by atoms with van der Waals surface area (Å²) in [5.41, 5.74) is 4.89. The third kappa shape index (κ3) is 4.22. The van der Waals surface area contributed by atoms with Crippen molar-refractivity contribution in [2.24, 2.45) is 0 Å². The van der Waals surface area contributed by atoms with Gasteiger partial charge < -0.3 is 10.1 Å². The van der Waals surface area contributed by atoms with Crippen molar-refractivity contribution in [1.82, 2.24) is 9.97 Å². The number of benzene rings is 2. The number of carbonyl (C=O) groups excluding carboxylic acids is 1. The number of anilines is 1. The molecule has 28 heavy (non-hydrogen) atoms. The third-order valence-electron chi connectivity index (χ3n) is 4.57. The highest BCUT2D eigenvalue weighted by molar-refractivity contribution is 9.10. The molecule has 3 aromatic rings. The van der Waals surface area contributed by atoms with Gasteiger partial charge in [-0.3, -0.25) is 4.79 Å². The number of amides is 1. The first-order valence-electron chi connectivity index (χ1n) is 9.01. The molecule has 3 rings (SSSR count). The van der Waals surface area contributed by atoms with Crippen molar-refractivity contribution < 1.29 is 9.53 Å². The second-order valence-corrected chi connectivity index (χ2v) is 7.40. The van der Waals surface area contributed by atoms with Crippen LogP contribution < -0.4 is 10.1 Å². The first kappa shape index (κ1) is 20.0. The minimum atomic E-state index is -0.209. The van der Waals surface area contributed by atoms with Crippen LogP contribution in [0.2, 0.25) is 0 Å². The summed E-state index contributed by atoms with van der Waals surface area (Å²) in [4.78, 5) is 21.8. The number of halogens is 1. The van der Waals surface area contributed by atoms with Crippen molar-refractivity contribution in [2.75, 3.05) is 12.4 Å². The number of nitrogens with zero attached hydrogens (tertiary/aromatic N) is 2. The molecule has 0 atom stereocenters. The fourth-order valence-corrected chi connectivity index (χ4v) is 3.64. The van der Waals surface area contributed by atoms with E-state index in [-0.39, 0.29) is 5.91 Å². The average molecular weight is 440 g/mol. The number of hydrogen-bond donors (Lipinski definition) is 1. The van der Waals surface area contributed by atoms with Crippen molar-refractivity contribution in [3.05, 3.63) is 69.5 Å². The normalized spacial score (nSPS) is 10.6. The summed E-state index contributed by atoms with van der Waals surface area (Å²) in [5.74, 6) is 1.14. The average Bonchev–Trinajstić information content (AvgIpc) is 2.69. The molecule has 0 radical (unpaired) electrons. The van der Waals surface area contributed by atoms with Crippen LogP contribution in [-0.4, -0.2) is 23.0 Å². The third-order valence-corrected chi connectivity index (χ3v) is 5.03. The molecule has 0 aliphatic rings. The molecule has 0 aliphatic heterocycles. The molecule has 2 aromatic carbocycles. The zero-order valence-electron chi connectivity index (χ0n) is 16.3. The lowest BCUT2D eigenvalue weighted by atomic mass is 10.1. The predicted octanol–water partition coefficient (Wildman–Crippen LogP) is 5.35. The minimum absolute atomic E-state index is 0.209. The number of methoxy groups -OCH3 is 1. The fraction of sp³-hybridized carbons (Fsp3) is 0.227. The van der Waals surface area contributed by atoms with Crippen molar-refractivity contribution in [1.29, 1.82) is 0 Å². The van der Waals surface area contributed by atoms with Gasteiger partial charge in [0.25, 0.3) is 5.91 Å². The molecule has 5 nitrogen and oxygen atoms in total. The summed E-state index contributed by atoms with van der Waals surface area (Å²) in [6.07, 6.45) is 2.40. The standard InChI is InChI=1S/C22H22BrN3O2/c1-5-15-11-17(23)10-13(2)20(15)26-22(27)19-12-24-21(25-14(19)3)16-6-8-18(28-4)9-7-16/h6-12H,5H2,1-4H3,(H,26,27). The van der Waals surface area contributed by atoms with E-state index in [1.165, 1.54) is 0 Å². The number of aryl methyl sites for hydroxylation is 3. The molecule has 0 fully saturated rings. The Balaban J connectivity index is 1.87. The smallest absolute Gasteiger partial charge is 0.259 e. The summed E-state index contributed by atoms with van der Waals surface area (Å²) in [6, 6.07) is 11.5. The van der Waals surface area contributed by atoms with Crippen LogP contribution in [0.4, 0.5) is 5.69 Å². The lowest BCUT2D eigenvalue weighted by molar-refractivity contribution is 0.102. The van der Waals surface area contributed by atoms with Gasteiger partial charge in [-0.05, 0) is 67.8 Å². The maximum Gasteiger partial charge on any atom is 0.259 e. The number of aromatic nitrogens is 2. The maximum atomic E-state index is 12.9. The van der Waals surface area contributed by atoms with Gasteiger partial charge in [0.15, 0.2) is 5.82 Å². The monoisotopic (exact) mass is 439 g/mol. The molecule has 1 heterocycles. The van der Waals surface area contributed by atoms with Gasteiger partial charge in [0.1, 0.15) is 5.75 Å². The van der Waals surface area contributed by atoms with Gasteiger partial charge in [-0.15, -0.1) is 0 Å². The Labute approximate surface area is 173 Å². The molecule has 1 amide bonds. The zero-order valence-corrected chi connectivity index (χ0v) is 17.9. The Morgan fingerprint density at radius 1 is 1.18 bits per heavy atom. The van der Waals surface area contributed by atoms with E-state index in [0.29, 0.717) is 17.1 Å². The van der Waals surface area contributed by atoms with E-state index < -0.39 is 0 Å². The summed E-state index contributed by atoms with van der Waals surface area (Å²) >= 11 is 3.51. The first-order chi connectivity index (χ1) is 13.4. The van der Waals surface area contributed by atoms with Crippen LogP contribution in [0, 0.1) is 13.8 Å². The van der Waals surface area contributed by atoms with Gasteiger partial charge in [0.2, 0.25) is 0 Å². The van der Waals surface area contributed by atoms with Crippen LogP contribution in [0.15, 0.2) is 47.1 Å². The molecule has 0 spiro atoms. The van der Waals surface area contributed by atoms with Gasteiger partial charge in [0, 0.05) is 21.9 Å². The topological polar surface area (TPSA) is 64.1 Å². The van der Waals surface area contributed by atoms with Gasteiger partial charge in [0.05, 0.1) is 18.4 Å². The van der Waals surface area contributed by atoms with Crippen LogP contribution in [0.25, 0.3) is 11.4 Å². The molecule has 6 heteroatoms. The number of nitrogens with one attached hydrogen (secondary N) is 1. The second-order valence-electron chi connectivity index (χ2n) is 6.49. The molecule has 1 N–H and O–H groups in total. The largest absolute Gasteiger partial charge is 0.497 e. The predicted molar refractivity (Wildman–Crippen MR) is 115 cm³/mol. The molecule has 0 aliphatic carbocycles. The van der Waals surface area contributed by atoms with Crippen molar-refractivity contribution in [3.63, 3.8) is 0 Å². The number of carbonyl (C=O) groups is 1. The summed E-state index contributed by atoms with van der Waals surface area (Å²) in [7, 11) is 1.63. The van der Waals surface area contributed by atoms with Crippen LogP contribution in [-0.2, 0) is 6.42 Å². The van der Waals surface area contributed by atoms with E-state index in [0.717, 1.165) is 39.0 Å². The molecule has 0 saturated heterocycles. The summed E-state index contributed by atoms with van der Waals surface area (Å²) < 4.78 is 6.18. The van der Waals surface area contributed by atoms with Gasteiger partial charge in [-0.2, -0.15) is 0 Å². The van der Waals surface area contributed by atoms with Crippen LogP contribution in [0.3, 0.4) is 0 Å². The first-order valence-corrected chi connectivity index (χ1v) is 9.80. The van der Waals surface area contributed by atoms with E-state index in [1.807, 2.05) is 50.2 Å². The highest BCUT2D eigenvalue weighted by Crippen LogP contribution is 2.27. The van der Waals surface area contributed by atoms with Crippen LogP contribution in [0.1, 0.15) is 34.1 Å². The van der Waals surface area contributed by atoms with E-state index in [1.54, 1.807) is 13.3 Å². The Hall–Kier alpha value is -2.73. The zero-order chi connectivity index (χ0) is 20.3. The van der Waals surface area contributed by atoms with Gasteiger partial charge >= 0.3 is 0 Å². The molecular formula is C22H22BrN3O2. The molecule has 0 unspecified atom stereocenters. The minimum Gasteiger partial charge on any atom is -0.497 e. The Bertz CT molecular complexity index is 1020. The lowest BCUT2D eigenvalue weighted by Crippen LogP contribution is -2.17. The quantitative estimate of drug-likeness (QED) is 0.581. The highest BCUT2D eigenvalue weighted by atomic mass is 79.9. The van der Waals surface area contributed by atoms with Crippen molar-refractivity contribution >= 4 is 27.5 Å². The van der Waals surface area contributed by atoms with Crippen molar-refractivity contribution in [2.45, 2.75) is 27.2 Å². The molecule has 1 aromatic heterocycles. The number of ether oxygens (including phenoxy) is 1. The molecule has 0 saturated carbocycles. The lowest BCUT2D eigenvalue weighted by Gasteiger charge is -2.15. The molecular weight excluding hydrogens is 418 g/mol. The Kier molecular flexibility index (Phi) is 6.09. The van der Waals surface area contributed by atoms with E-state index in [9.17, 15) is 4.79 Å². The molecule has 0 bridgehead atoms. The SMILES string of the molecule is CCc1cc(Br)cc(C)c1NC(=O)c1cnc(-c2ccc(OC)cc2)nc1C. The second kappa shape index (κ2) is 8.52. The Morgan fingerprint density at radius 2 is 1.89 bits per heavy atom. The van der Waals surface area contributed by atoms with Gasteiger partial charge in [-0.25, -0.2) is 9.97 Å². The maximum absolute atomic E-state index is 12.9. The van der Waals surface area contributed by atoms with Crippen LogP contribution in [0.5, 0.6) is 5.75 Å². The van der Waals surface area contributed by atoms with Crippen molar-refractivity contribution in [3.8, 4) is 17.1 Å². The number of rotatable bonds is 5.